The van der Waals surface area contributed by atoms with Gasteiger partial charge in [-0.05, 0) is 0 Å². The van der Waals surface area contributed by atoms with Crippen LogP contribution in [0.4, 0.5) is 16.8 Å². The molecule has 3 heterocycles. The number of piperazine rings is 1. The summed E-state index contributed by atoms with van der Waals surface area (Å²) in [6.07, 6.45) is 3.36. The van der Waals surface area contributed by atoms with Crippen molar-refractivity contribution in [3.8, 4) is 0 Å². The summed E-state index contributed by atoms with van der Waals surface area (Å²) in [4.78, 5) is 17.0. The van der Waals surface area contributed by atoms with E-state index in [9.17, 15) is 0 Å². The van der Waals surface area contributed by atoms with Crippen molar-refractivity contribution in [1.82, 2.24) is 15.0 Å². The molecule has 18 heavy (non-hydrogen) atoms. The van der Waals surface area contributed by atoms with Crippen LogP contribution in [0.3, 0.4) is 0 Å². The van der Waals surface area contributed by atoms with Gasteiger partial charge in [0.1, 0.15) is 18.0 Å². The fourth-order valence-electron chi connectivity index (χ4n) is 2.03. The number of nitrogens with two attached hydrogens (primary N) is 1. The minimum Gasteiger partial charge on any atom is -0.384 e. The Labute approximate surface area is 109 Å². The van der Waals surface area contributed by atoms with Gasteiger partial charge in [-0.15, -0.1) is 11.3 Å². The molecule has 1 saturated heterocycles. The third-order valence-electron chi connectivity index (χ3n) is 2.97. The lowest BCUT2D eigenvalue weighted by Gasteiger charge is -2.35. The molecule has 1 fully saturated rings. The van der Waals surface area contributed by atoms with Crippen molar-refractivity contribution in [1.29, 1.82) is 0 Å². The van der Waals surface area contributed by atoms with Crippen LogP contribution in [0.25, 0.3) is 0 Å². The second kappa shape index (κ2) is 4.77. The van der Waals surface area contributed by atoms with Crippen LogP contribution in [-0.2, 0) is 0 Å². The molecule has 2 N–H and O–H groups in total. The van der Waals surface area contributed by atoms with Gasteiger partial charge in [-0.2, -0.15) is 0 Å². The van der Waals surface area contributed by atoms with Gasteiger partial charge in [-0.25, -0.2) is 15.0 Å². The molecular formula is C11H14N6S. The smallest absolute Gasteiger partial charge is 0.185 e. The van der Waals surface area contributed by atoms with Crippen molar-refractivity contribution in [2.24, 2.45) is 0 Å². The Bertz CT molecular complexity index is 506. The van der Waals surface area contributed by atoms with Gasteiger partial charge in [0.15, 0.2) is 5.13 Å². The summed E-state index contributed by atoms with van der Waals surface area (Å²) in [6.45, 7) is 3.76. The Morgan fingerprint density at radius 3 is 2.50 bits per heavy atom. The van der Waals surface area contributed by atoms with Crippen LogP contribution >= 0.6 is 11.3 Å². The van der Waals surface area contributed by atoms with Crippen molar-refractivity contribution >= 4 is 28.1 Å². The van der Waals surface area contributed by atoms with E-state index in [1.807, 2.05) is 17.6 Å². The van der Waals surface area contributed by atoms with Gasteiger partial charge in [0.25, 0.3) is 0 Å². The number of rotatable bonds is 2. The summed E-state index contributed by atoms with van der Waals surface area (Å²) in [6, 6.07) is 1.82. The minimum atomic E-state index is 0.516. The van der Waals surface area contributed by atoms with Gasteiger partial charge < -0.3 is 15.5 Å². The lowest BCUT2D eigenvalue weighted by molar-refractivity contribution is 0.645. The van der Waals surface area contributed by atoms with Crippen molar-refractivity contribution < 1.29 is 0 Å². The molecule has 0 atom stereocenters. The van der Waals surface area contributed by atoms with E-state index in [1.165, 1.54) is 6.33 Å². The van der Waals surface area contributed by atoms with Crippen LogP contribution in [0, 0.1) is 0 Å². The second-order valence-corrected chi connectivity index (χ2v) is 4.96. The molecule has 0 bridgehead atoms. The average molecular weight is 262 g/mol. The molecule has 1 aliphatic heterocycles. The number of hydrogen-bond donors (Lipinski definition) is 1. The van der Waals surface area contributed by atoms with E-state index in [0.717, 1.165) is 37.1 Å². The monoisotopic (exact) mass is 262 g/mol. The summed E-state index contributed by atoms with van der Waals surface area (Å²) in [5.41, 5.74) is 5.67. The zero-order valence-corrected chi connectivity index (χ0v) is 10.7. The van der Waals surface area contributed by atoms with Gasteiger partial charge >= 0.3 is 0 Å². The molecule has 0 amide bonds. The molecule has 94 valence electrons. The standard InChI is InChI=1S/C11H14N6S/c12-9-7-10(15-8-14-9)16-2-4-17(5-3-16)11-13-1-6-18-11/h1,6-8H,2-5H2,(H2,12,14,15). The average Bonchev–Trinajstić information content (AvgIpc) is 2.93. The van der Waals surface area contributed by atoms with E-state index in [4.69, 9.17) is 5.73 Å². The van der Waals surface area contributed by atoms with E-state index in [0.29, 0.717) is 5.82 Å². The molecule has 0 aromatic carbocycles. The van der Waals surface area contributed by atoms with Crippen molar-refractivity contribution in [3.05, 3.63) is 24.0 Å². The molecule has 7 heteroatoms. The topological polar surface area (TPSA) is 71.2 Å². The van der Waals surface area contributed by atoms with Crippen LogP contribution in [0.2, 0.25) is 0 Å². The Balaban J connectivity index is 1.67. The normalized spacial score (nSPS) is 16.0. The Kier molecular flexibility index (Phi) is 2.97. The summed E-state index contributed by atoms with van der Waals surface area (Å²) in [5, 5.41) is 3.10. The first-order valence-electron chi connectivity index (χ1n) is 5.80. The zero-order valence-electron chi connectivity index (χ0n) is 9.86. The molecule has 1 aliphatic rings. The van der Waals surface area contributed by atoms with Crippen molar-refractivity contribution in [3.63, 3.8) is 0 Å². The van der Waals surface area contributed by atoms with Gasteiger partial charge in [-0.3, -0.25) is 0 Å². The quantitative estimate of drug-likeness (QED) is 0.865. The van der Waals surface area contributed by atoms with E-state index in [2.05, 4.69) is 24.8 Å². The highest BCUT2D eigenvalue weighted by Gasteiger charge is 2.19. The maximum atomic E-state index is 5.67. The van der Waals surface area contributed by atoms with E-state index in [-0.39, 0.29) is 0 Å². The van der Waals surface area contributed by atoms with E-state index in [1.54, 1.807) is 11.3 Å². The van der Waals surface area contributed by atoms with Crippen LogP contribution < -0.4 is 15.5 Å². The molecule has 0 radical (unpaired) electrons. The third-order valence-corrected chi connectivity index (χ3v) is 3.80. The number of aromatic nitrogens is 3. The van der Waals surface area contributed by atoms with E-state index < -0.39 is 0 Å². The SMILES string of the molecule is Nc1cc(N2CCN(c3nccs3)CC2)ncn1. The maximum Gasteiger partial charge on any atom is 0.185 e. The molecule has 3 rings (SSSR count). The summed E-state index contributed by atoms with van der Waals surface area (Å²) in [7, 11) is 0. The number of hydrogen-bond acceptors (Lipinski definition) is 7. The predicted octanol–water partition coefficient (Wildman–Crippen LogP) is 0.842. The number of thiazole rings is 1. The fourth-order valence-corrected chi connectivity index (χ4v) is 2.73. The number of nitrogen functional groups attached to an aromatic ring is 1. The van der Waals surface area contributed by atoms with Gasteiger partial charge in [0.05, 0.1) is 0 Å². The molecule has 2 aromatic heterocycles. The Morgan fingerprint density at radius 1 is 1.06 bits per heavy atom. The largest absolute Gasteiger partial charge is 0.384 e. The minimum absolute atomic E-state index is 0.516. The molecule has 0 unspecified atom stereocenters. The van der Waals surface area contributed by atoms with E-state index >= 15 is 0 Å². The lowest BCUT2D eigenvalue weighted by Crippen LogP contribution is -2.46. The first kappa shape index (κ1) is 11.2. The number of nitrogens with zero attached hydrogens (tertiary/aromatic N) is 5. The Hall–Kier alpha value is -1.89. The molecule has 0 spiro atoms. The summed E-state index contributed by atoms with van der Waals surface area (Å²) < 4.78 is 0. The van der Waals surface area contributed by atoms with Crippen LogP contribution in [0.5, 0.6) is 0 Å². The first-order valence-corrected chi connectivity index (χ1v) is 6.68. The van der Waals surface area contributed by atoms with Crippen LogP contribution in [0.1, 0.15) is 0 Å². The summed E-state index contributed by atoms with van der Waals surface area (Å²) in [5.74, 6) is 1.42. The Morgan fingerprint density at radius 2 is 1.83 bits per heavy atom. The fraction of sp³-hybridized carbons (Fsp3) is 0.364. The lowest BCUT2D eigenvalue weighted by atomic mass is 10.3. The zero-order chi connectivity index (χ0) is 12.4. The third kappa shape index (κ3) is 2.21. The second-order valence-electron chi connectivity index (χ2n) is 4.09. The van der Waals surface area contributed by atoms with Crippen LogP contribution in [-0.4, -0.2) is 41.1 Å². The summed E-state index contributed by atoms with van der Waals surface area (Å²) >= 11 is 1.68. The molecule has 2 aromatic rings. The molecule has 0 aliphatic carbocycles. The van der Waals surface area contributed by atoms with Gasteiger partial charge in [-0.1, -0.05) is 0 Å². The van der Waals surface area contributed by atoms with Crippen LogP contribution in [0.15, 0.2) is 24.0 Å². The molecular weight excluding hydrogens is 248 g/mol. The molecule has 6 nitrogen and oxygen atoms in total. The molecule has 0 saturated carbocycles. The van der Waals surface area contributed by atoms with Crippen molar-refractivity contribution in [2.75, 3.05) is 41.7 Å². The highest BCUT2D eigenvalue weighted by atomic mass is 32.1. The highest BCUT2D eigenvalue weighted by molar-refractivity contribution is 7.13. The van der Waals surface area contributed by atoms with Gasteiger partial charge in [0.2, 0.25) is 0 Å². The first-order chi connectivity index (χ1) is 8.83. The maximum absolute atomic E-state index is 5.67. The van der Waals surface area contributed by atoms with Gasteiger partial charge in [0, 0.05) is 43.8 Å². The highest BCUT2D eigenvalue weighted by Crippen LogP contribution is 2.21. The van der Waals surface area contributed by atoms with Crippen molar-refractivity contribution in [2.45, 2.75) is 0 Å². The predicted molar refractivity (Wildman–Crippen MR) is 73.0 cm³/mol. The number of anilines is 3.